The van der Waals surface area contributed by atoms with E-state index in [0.29, 0.717) is 5.56 Å². The first kappa shape index (κ1) is 12.2. The molecule has 86 valence electrons. The lowest BCUT2D eigenvalue weighted by Crippen LogP contribution is -2.05. The molecule has 1 N–H and O–H groups in total. The highest BCUT2D eigenvalue weighted by Gasteiger charge is 2.02. The lowest BCUT2D eigenvalue weighted by atomic mass is 10.2. The quantitative estimate of drug-likeness (QED) is 0.925. The Bertz CT molecular complexity index is 529. The molecule has 2 aromatic rings. The Morgan fingerprint density at radius 3 is 2.94 bits per heavy atom. The van der Waals surface area contributed by atoms with Gasteiger partial charge in [0.05, 0.1) is 11.3 Å². The Morgan fingerprint density at radius 2 is 2.24 bits per heavy atom. The highest BCUT2D eigenvalue weighted by atomic mass is 79.9. The third kappa shape index (κ3) is 3.32. The molecule has 0 aliphatic heterocycles. The fourth-order valence-electron chi connectivity index (χ4n) is 1.54. The molecule has 0 radical (unpaired) electrons. The summed E-state index contributed by atoms with van der Waals surface area (Å²) in [5, 5.41) is 16.5. The van der Waals surface area contributed by atoms with Crippen LogP contribution in [0.3, 0.4) is 0 Å². The van der Waals surface area contributed by atoms with E-state index in [4.69, 9.17) is 5.26 Å². The van der Waals surface area contributed by atoms with Crippen LogP contribution in [0, 0.1) is 11.3 Å². The van der Waals surface area contributed by atoms with Crippen molar-refractivity contribution in [2.24, 2.45) is 0 Å². The molecule has 0 fully saturated rings. The van der Waals surface area contributed by atoms with Crippen molar-refractivity contribution in [3.8, 4) is 6.07 Å². The third-order valence-electron chi connectivity index (χ3n) is 2.41. The van der Waals surface area contributed by atoms with E-state index in [1.807, 2.05) is 18.2 Å². The summed E-state index contributed by atoms with van der Waals surface area (Å²) in [6.07, 6.45) is 0.977. The van der Waals surface area contributed by atoms with Gasteiger partial charge >= 0.3 is 0 Å². The second-order valence-electron chi connectivity index (χ2n) is 3.61. The number of benzene rings is 1. The molecule has 17 heavy (non-hydrogen) atoms. The molecule has 1 aromatic carbocycles. The molecule has 2 rings (SSSR count). The molecule has 0 amide bonds. The summed E-state index contributed by atoms with van der Waals surface area (Å²) in [7, 11) is 0. The van der Waals surface area contributed by atoms with Crippen LogP contribution in [0.1, 0.15) is 11.1 Å². The zero-order chi connectivity index (χ0) is 12.1. The minimum atomic E-state index is 0.671. The Hall–Kier alpha value is -1.31. The molecule has 2 nitrogen and oxygen atoms in total. The first-order valence-corrected chi connectivity index (χ1v) is 6.98. The van der Waals surface area contributed by atoms with Gasteiger partial charge in [-0.1, -0.05) is 15.9 Å². The predicted octanol–water partition coefficient (Wildman–Crippen LogP) is 4.04. The highest BCUT2D eigenvalue weighted by Crippen LogP contribution is 2.20. The van der Waals surface area contributed by atoms with Crippen LogP contribution in [0.5, 0.6) is 0 Å². The first-order valence-electron chi connectivity index (χ1n) is 5.24. The van der Waals surface area contributed by atoms with Gasteiger partial charge in [0.1, 0.15) is 6.07 Å². The zero-order valence-electron chi connectivity index (χ0n) is 9.11. The molecule has 0 bridgehead atoms. The molecular formula is C13H11BrN2S. The lowest BCUT2D eigenvalue weighted by Gasteiger charge is -2.07. The average molecular weight is 307 g/mol. The van der Waals surface area contributed by atoms with Gasteiger partial charge in [0.2, 0.25) is 0 Å². The normalized spacial score (nSPS) is 9.88. The van der Waals surface area contributed by atoms with E-state index < -0.39 is 0 Å². The maximum Gasteiger partial charge on any atom is 0.101 e. The number of nitriles is 1. The summed E-state index contributed by atoms with van der Waals surface area (Å²) in [6.45, 7) is 0.840. The molecule has 0 spiro atoms. The molecular weight excluding hydrogens is 296 g/mol. The minimum absolute atomic E-state index is 0.671. The van der Waals surface area contributed by atoms with Crippen molar-refractivity contribution in [2.75, 3.05) is 11.9 Å². The van der Waals surface area contributed by atoms with Gasteiger partial charge in [-0.3, -0.25) is 0 Å². The van der Waals surface area contributed by atoms with Crippen LogP contribution in [0.2, 0.25) is 0 Å². The van der Waals surface area contributed by atoms with Crippen molar-refractivity contribution in [1.29, 1.82) is 5.26 Å². The Labute approximate surface area is 113 Å². The molecule has 0 saturated heterocycles. The minimum Gasteiger partial charge on any atom is -0.384 e. The van der Waals surface area contributed by atoms with Crippen molar-refractivity contribution in [3.63, 3.8) is 0 Å². The Balaban J connectivity index is 1.97. The maximum atomic E-state index is 9.02. The number of halogens is 1. The predicted molar refractivity (Wildman–Crippen MR) is 75.4 cm³/mol. The smallest absolute Gasteiger partial charge is 0.101 e. The number of thiophene rings is 1. The molecule has 0 unspecified atom stereocenters. The average Bonchev–Trinajstić information content (AvgIpc) is 2.84. The van der Waals surface area contributed by atoms with Crippen molar-refractivity contribution in [3.05, 3.63) is 50.6 Å². The molecule has 1 aromatic heterocycles. The second-order valence-corrected chi connectivity index (χ2v) is 5.31. The molecule has 0 saturated carbocycles. The van der Waals surface area contributed by atoms with Crippen LogP contribution in [0.4, 0.5) is 5.69 Å². The van der Waals surface area contributed by atoms with Gasteiger partial charge in [-0.05, 0) is 47.0 Å². The van der Waals surface area contributed by atoms with E-state index in [1.165, 1.54) is 5.56 Å². The fourth-order valence-corrected chi connectivity index (χ4v) is 2.60. The fraction of sp³-hybridized carbons (Fsp3) is 0.154. The summed E-state index contributed by atoms with van der Waals surface area (Å²) in [5.41, 5.74) is 2.90. The van der Waals surface area contributed by atoms with Crippen LogP contribution in [-0.4, -0.2) is 6.54 Å². The van der Waals surface area contributed by atoms with Gasteiger partial charge in [-0.2, -0.15) is 16.6 Å². The molecule has 0 aliphatic carbocycles. The van der Waals surface area contributed by atoms with Crippen molar-refractivity contribution < 1.29 is 0 Å². The zero-order valence-corrected chi connectivity index (χ0v) is 11.5. The first-order chi connectivity index (χ1) is 8.29. The molecule has 0 atom stereocenters. The summed E-state index contributed by atoms with van der Waals surface area (Å²) in [5.74, 6) is 0. The van der Waals surface area contributed by atoms with E-state index in [9.17, 15) is 0 Å². The number of nitrogens with zero attached hydrogens (tertiary/aromatic N) is 1. The van der Waals surface area contributed by atoms with Crippen molar-refractivity contribution in [2.45, 2.75) is 6.42 Å². The number of nitrogens with one attached hydrogen (secondary N) is 1. The summed E-state index contributed by atoms with van der Waals surface area (Å²) in [4.78, 5) is 0. The molecule has 1 heterocycles. The van der Waals surface area contributed by atoms with Crippen LogP contribution < -0.4 is 5.32 Å². The number of hydrogen-bond acceptors (Lipinski definition) is 3. The number of rotatable bonds is 4. The highest BCUT2D eigenvalue weighted by molar-refractivity contribution is 9.10. The van der Waals surface area contributed by atoms with Crippen LogP contribution in [-0.2, 0) is 6.42 Å². The lowest BCUT2D eigenvalue weighted by molar-refractivity contribution is 1.03. The monoisotopic (exact) mass is 306 g/mol. The summed E-state index contributed by atoms with van der Waals surface area (Å²) < 4.78 is 0.928. The topological polar surface area (TPSA) is 35.8 Å². The Kier molecular flexibility index (Phi) is 4.18. The second kappa shape index (κ2) is 5.85. The Morgan fingerprint density at radius 1 is 1.35 bits per heavy atom. The molecule has 0 aliphatic rings. The van der Waals surface area contributed by atoms with Crippen molar-refractivity contribution >= 4 is 33.0 Å². The van der Waals surface area contributed by atoms with Crippen LogP contribution in [0.25, 0.3) is 0 Å². The van der Waals surface area contributed by atoms with Gasteiger partial charge in [0, 0.05) is 11.0 Å². The van der Waals surface area contributed by atoms with Crippen molar-refractivity contribution in [1.82, 2.24) is 0 Å². The maximum absolute atomic E-state index is 9.02. The van der Waals surface area contributed by atoms with Gasteiger partial charge in [0.25, 0.3) is 0 Å². The SMILES string of the molecule is N#Cc1cc(Br)ccc1NCCc1ccsc1. The van der Waals surface area contributed by atoms with E-state index in [1.54, 1.807) is 11.3 Å². The standard InChI is InChI=1S/C13H11BrN2S/c14-12-1-2-13(11(7-12)8-15)16-5-3-10-4-6-17-9-10/h1-2,4,6-7,9,16H,3,5H2. The largest absolute Gasteiger partial charge is 0.384 e. The van der Waals surface area contributed by atoms with E-state index in [0.717, 1.165) is 23.1 Å². The van der Waals surface area contributed by atoms with E-state index >= 15 is 0 Å². The summed E-state index contributed by atoms with van der Waals surface area (Å²) in [6, 6.07) is 10.0. The van der Waals surface area contributed by atoms with E-state index in [-0.39, 0.29) is 0 Å². The number of hydrogen-bond donors (Lipinski definition) is 1. The van der Waals surface area contributed by atoms with Crippen LogP contribution in [0.15, 0.2) is 39.5 Å². The van der Waals surface area contributed by atoms with Gasteiger partial charge < -0.3 is 5.32 Å². The molecule has 4 heteroatoms. The van der Waals surface area contributed by atoms with Crippen LogP contribution >= 0.6 is 27.3 Å². The third-order valence-corrected chi connectivity index (χ3v) is 3.64. The van der Waals surface area contributed by atoms with Gasteiger partial charge in [0.15, 0.2) is 0 Å². The summed E-state index contributed by atoms with van der Waals surface area (Å²) >= 11 is 5.07. The number of anilines is 1. The van der Waals surface area contributed by atoms with Gasteiger partial charge in [-0.15, -0.1) is 0 Å². The van der Waals surface area contributed by atoms with E-state index in [2.05, 4.69) is 44.1 Å². The van der Waals surface area contributed by atoms with Gasteiger partial charge in [-0.25, -0.2) is 0 Å².